The fourth-order valence-electron chi connectivity index (χ4n) is 0.892. The minimum Gasteiger partial charge on any atom is -0.338 e. The molecule has 0 bridgehead atoms. The van der Waals surface area contributed by atoms with E-state index < -0.39 is 0 Å². The normalized spacial score (nSPS) is 10.8. The zero-order valence-electron chi connectivity index (χ0n) is 6.63. The third-order valence-electron chi connectivity index (χ3n) is 1.53. The van der Waals surface area contributed by atoms with E-state index >= 15 is 0 Å². The van der Waals surface area contributed by atoms with E-state index in [9.17, 15) is 0 Å². The number of nitrogens with zero attached hydrogens (tertiary/aromatic N) is 2. The van der Waals surface area contributed by atoms with Crippen LogP contribution < -0.4 is 5.84 Å². The summed E-state index contributed by atoms with van der Waals surface area (Å²) in [5, 5.41) is 0. The van der Waals surface area contributed by atoms with Gasteiger partial charge in [-0.05, 0) is 6.92 Å². The second-order valence-corrected chi connectivity index (χ2v) is 2.78. The molecular formula is C7H13N3. The summed E-state index contributed by atoms with van der Waals surface area (Å²) in [5.74, 6) is 7.00. The van der Waals surface area contributed by atoms with E-state index in [-0.39, 0.29) is 0 Å². The van der Waals surface area contributed by atoms with Crippen LogP contribution in [0.2, 0.25) is 0 Å². The van der Waals surface area contributed by atoms with Gasteiger partial charge in [-0.1, -0.05) is 13.8 Å². The molecule has 0 fully saturated rings. The highest BCUT2D eigenvalue weighted by atomic mass is 15.3. The van der Waals surface area contributed by atoms with Gasteiger partial charge >= 0.3 is 0 Å². The number of hydrogen-bond acceptors (Lipinski definition) is 2. The molecule has 0 aliphatic heterocycles. The average molecular weight is 139 g/mol. The van der Waals surface area contributed by atoms with Gasteiger partial charge in [0.1, 0.15) is 5.82 Å². The average Bonchev–Trinajstić information content (AvgIpc) is 2.14. The van der Waals surface area contributed by atoms with E-state index in [1.165, 1.54) is 0 Å². The molecule has 0 aliphatic rings. The fraction of sp³-hybridized carbons (Fsp3) is 0.571. The lowest BCUT2D eigenvalue weighted by molar-refractivity contribution is 0.727. The quantitative estimate of drug-likeness (QED) is 0.590. The number of rotatable bonds is 1. The predicted octanol–water partition coefficient (Wildman–Crippen LogP) is 1.03. The molecule has 3 heteroatoms. The second kappa shape index (κ2) is 2.33. The zero-order chi connectivity index (χ0) is 7.72. The van der Waals surface area contributed by atoms with Gasteiger partial charge in [-0.15, -0.1) is 0 Å². The molecule has 1 heterocycles. The molecule has 10 heavy (non-hydrogen) atoms. The Morgan fingerprint density at radius 3 is 2.40 bits per heavy atom. The van der Waals surface area contributed by atoms with Gasteiger partial charge in [0.15, 0.2) is 0 Å². The Balaban J connectivity index is 3.05. The first-order valence-corrected chi connectivity index (χ1v) is 3.42. The van der Waals surface area contributed by atoms with Crippen LogP contribution in [-0.2, 0) is 0 Å². The topological polar surface area (TPSA) is 43.8 Å². The van der Waals surface area contributed by atoms with Crippen molar-refractivity contribution < 1.29 is 0 Å². The van der Waals surface area contributed by atoms with Crippen molar-refractivity contribution in [3.05, 3.63) is 17.7 Å². The van der Waals surface area contributed by atoms with Gasteiger partial charge in [-0.2, -0.15) is 0 Å². The Morgan fingerprint density at radius 1 is 1.60 bits per heavy atom. The predicted molar refractivity (Wildman–Crippen MR) is 41.2 cm³/mol. The van der Waals surface area contributed by atoms with Crippen LogP contribution >= 0.6 is 0 Å². The lowest BCUT2D eigenvalue weighted by atomic mass is 10.2. The summed E-state index contributed by atoms with van der Waals surface area (Å²) in [4.78, 5) is 4.15. The van der Waals surface area contributed by atoms with Crippen LogP contribution in [0.1, 0.15) is 31.3 Å². The summed E-state index contributed by atoms with van der Waals surface area (Å²) in [6.07, 6.45) is 1.79. The van der Waals surface area contributed by atoms with Crippen molar-refractivity contribution in [2.75, 3.05) is 5.84 Å². The standard InChI is InChI=1S/C7H13N3/c1-5(2)7-9-4-6(3)10(7)8/h4-5H,8H2,1-3H3. The van der Waals surface area contributed by atoms with Crippen molar-refractivity contribution in [3.63, 3.8) is 0 Å². The second-order valence-electron chi connectivity index (χ2n) is 2.78. The van der Waals surface area contributed by atoms with Crippen molar-refractivity contribution in [1.82, 2.24) is 9.66 Å². The Labute approximate surface area is 60.8 Å². The van der Waals surface area contributed by atoms with Crippen LogP contribution in [0.15, 0.2) is 6.20 Å². The summed E-state index contributed by atoms with van der Waals surface area (Å²) in [7, 11) is 0. The molecule has 2 N–H and O–H groups in total. The summed E-state index contributed by atoms with van der Waals surface area (Å²) < 4.78 is 1.63. The van der Waals surface area contributed by atoms with Gasteiger partial charge in [-0.25, -0.2) is 4.98 Å². The van der Waals surface area contributed by atoms with Crippen molar-refractivity contribution in [3.8, 4) is 0 Å². The number of aryl methyl sites for hydroxylation is 1. The van der Waals surface area contributed by atoms with Crippen LogP contribution in [0.4, 0.5) is 0 Å². The molecule has 56 valence electrons. The molecule has 0 unspecified atom stereocenters. The molecule has 1 aromatic heterocycles. The van der Waals surface area contributed by atoms with E-state index in [1.807, 2.05) is 6.92 Å². The van der Waals surface area contributed by atoms with E-state index in [4.69, 9.17) is 5.84 Å². The zero-order valence-corrected chi connectivity index (χ0v) is 6.63. The molecule has 0 aliphatic carbocycles. The smallest absolute Gasteiger partial charge is 0.129 e. The van der Waals surface area contributed by atoms with Crippen molar-refractivity contribution in [2.24, 2.45) is 0 Å². The van der Waals surface area contributed by atoms with Gasteiger partial charge in [0, 0.05) is 5.92 Å². The molecule has 0 radical (unpaired) electrons. The van der Waals surface area contributed by atoms with Gasteiger partial charge in [0.05, 0.1) is 11.9 Å². The summed E-state index contributed by atoms with van der Waals surface area (Å²) in [5.41, 5.74) is 1.00. The maximum Gasteiger partial charge on any atom is 0.129 e. The maximum atomic E-state index is 5.66. The Bertz CT molecular complexity index is 225. The lowest BCUT2D eigenvalue weighted by Crippen LogP contribution is -2.15. The molecule has 1 rings (SSSR count). The number of aromatic nitrogens is 2. The van der Waals surface area contributed by atoms with E-state index in [1.54, 1.807) is 10.9 Å². The fourth-order valence-corrected chi connectivity index (χ4v) is 0.892. The first-order chi connectivity index (χ1) is 4.63. The highest BCUT2D eigenvalue weighted by Gasteiger charge is 2.06. The SMILES string of the molecule is Cc1cnc(C(C)C)n1N. The number of nitrogens with two attached hydrogens (primary N) is 1. The molecule has 0 aromatic carbocycles. The first kappa shape index (κ1) is 7.12. The third kappa shape index (κ3) is 0.988. The molecule has 3 nitrogen and oxygen atoms in total. The van der Waals surface area contributed by atoms with E-state index in [0.717, 1.165) is 11.5 Å². The van der Waals surface area contributed by atoms with Gasteiger partial charge < -0.3 is 5.84 Å². The number of nitrogen functional groups attached to an aromatic ring is 1. The molecular weight excluding hydrogens is 126 g/mol. The number of imidazole rings is 1. The Morgan fingerprint density at radius 2 is 2.20 bits per heavy atom. The minimum atomic E-state index is 0.402. The van der Waals surface area contributed by atoms with Crippen LogP contribution in [0.5, 0.6) is 0 Å². The molecule has 0 atom stereocenters. The Hall–Kier alpha value is -0.990. The van der Waals surface area contributed by atoms with Crippen molar-refractivity contribution >= 4 is 0 Å². The van der Waals surface area contributed by atoms with Crippen LogP contribution in [0.3, 0.4) is 0 Å². The highest BCUT2D eigenvalue weighted by molar-refractivity contribution is 5.05. The summed E-state index contributed by atoms with van der Waals surface area (Å²) in [6.45, 7) is 6.09. The lowest BCUT2D eigenvalue weighted by Gasteiger charge is -2.04. The minimum absolute atomic E-state index is 0.402. The van der Waals surface area contributed by atoms with Crippen LogP contribution in [-0.4, -0.2) is 9.66 Å². The van der Waals surface area contributed by atoms with Crippen molar-refractivity contribution in [1.29, 1.82) is 0 Å². The largest absolute Gasteiger partial charge is 0.338 e. The Kier molecular flexibility index (Phi) is 1.66. The van der Waals surface area contributed by atoms with Crippen LogP contribution in [0, 0.1) is 6.92 Å². The van der Waals surface area contributed by atoms with E-state index in [2.05, 4.69) is 18.8 Å². The number of hydrogen-bond donors (Lipinski definition) is 1. The molecule has 0 spiro atoms. The van der Waals surface area contributed by atoms with Crippen LogP contribution in [0.25, 0.3) is 0 Å². The molecule has 1 aromatic rings. The first-order valence-electron chi connectivity index (χ1n) is 3.42. The van der Waals surface area contributed by atoms with Gasteiger partial charge in [-0.3, -0.25) is 4.68 Å². The monoisotopic (exact) mass is 139 g/mol. The summed E-state index contributed by atoms with van der Waals surface area (Å²) >= 11 is 0. The highest BCUT2D eigenvalue weighted by Crippen LogP contribution is 2.10. The molecule has 0 saturated heterocycles. The van der Waals surface area contributed by atoms with Crippen molar-refractivity contribution in [2.45, 2.75) is 26.7 Å². The maximum absolute atomic E-state index is 5.66. The molecule has 0 amide bonds. The molecule has 0 saturated carbocycles. The van der Waals surface area contributed by atoms with E-state index in [0.29, 0.717) is 5.92 Å². The van der Waals surface area contributed by atoms with Gasteiger partial charge in [0.2, 0.25) is 0 Å². The summed E-state index contributed by atoms with van der Waals surface area (Å²) in [6, 6.07) is 0. The van der Waals surface area contributed by atoms with Gasteiger partial charge in [0.25, 0.3) is 0 Å². The third-order valence-corrected chi connectivity index (χ3v) is 1.53.